The molecule has 1 atom stereocenters. The van der Waals surface area contributed by atoms with Gasteiger partial charge in [0.2, 0.25) is 0 Å². The van der Waals surface area contributed by atoms with Gasteiger partial charge >= 0.3 is 5.97 Å². The lowest BCUT2D eigenvalue weighted by atomic mass is 10.2. The van der Waals surface area contributed by atoms with Gasteiger partial charge in [0.25, 0.3) is 5.91 Å². The van der Waals surface area contributed by atoms with Gasteiger partial charge in [-0.3, -0.25) is 9.69 Å². The van der Waals surface area contributed by atoms with Gasteiger partial charge in [0.05, 0.1) is 10.6 Å². The SMILES string of the molecule is CCC(Oc1cccc(/C=C2\SC(=Nc3ccc(O)cc3)N(C)C2=O)c1)C(=O)O. The zero-order valence-corrected chi connectivity index (χ0v) is 16.7. The van der Waals surface area contributed by atoms with E-state index in [1.165, 1.54) is 28.8 Å². The molecule has 1 saturated heterocycles. The van der Waals surface area contributed by atoms with Crippen LogP contribution < -0.4 is 4.74 Å². The van der Waals surface area contributed by atoms with Gasteiger partial charge in [-0.1, -0.05) is 19.1 Å². The Bertz CT molecular complexity index is 985. The summed E-state index contributed by atoms with van der Waals surface area (Å²) >= 11 is 1.24. The number of rotatable bonds is 6. The third-order valence-corrected chi connectivity index (χ3v) is 5.22. The van der Waals surface area contributed by atoms with E-state index in [0.717, 1.165) is 5.56 Å². The van der Waals surface area contributed by atoms with Crippen LogP contribution >= 0.6 is 11.8 Å². The predicted molar refractivity (Wildman–Crippen MR) is 112 cm³/mol. The number of aromatic hydroxyl groups is 1. The molecule has 29 heavy (non-hydrogen) atoms. The Morgan fingerprint density at radius 1 is 1.28 bits per heavy atom. The molecule has 0 aromatic heterocycles. The molecule has 0 bridgehead atoms. The summed E-state index contributed by atoms with van der Waals surface area (Å²) in [6, 6.07) is 13.3. The number of carbonyl (C=O) groups excluding carboxylic acids is 1. The number of carbonyl (C=O) groups is 2. The molecule has 1 heterocycles. The fourth-order valence-corrected chi connectivity index (χ4v) is 3.58. The highest BCUT2D eigenvalue weighted by Gasteiger charge is 2.30. The van der Waals surface area contributed by atoms with Gasteiger partial charge in [0.1, 0.15) is 11.5 Å². The molecule has 0 saturated carbocycles. The van der Waals surface area contributed by atoms with Crippen molar-refractivity contribution >= 4 is 40.6 Å². The lowest BCUT2D eigenvalue weighted by molar-refractivity contribution is -0.145. The van der Waals surface area contributed by atoms with Gasteiger partial charge in [0, 0.05) is 7.05 Å². The quantitative estimate of drug-likeness (QED) is 0.699. The molecule has 8 heteroatoms. The number of ether oxygens (including phenoxy) is 1. The smallest absolute Gasteiger partial charge is 0.344 e. The van der Waals surface area contributed by atoms with Crippen molar-refractivity contribution in [2.24, 2.45) is 4.99 Å². The molecular formula is C21H20N2O5S. The number of carboxylic acid groups (broad SMARTS) is 1. The maximum Gasteiger partial charge on any atom is 0.344 e. The second-order valence-corrected chi connectivity index (χ2v) is 7.32. The number of benzene rings is 2. The number of likely N-dealkylation sites (N-methyl/N-ethyl adjacent to an activating group) is 1. The second-order valence-electron chi connectivity index (χ2n) is 6.31. The Labute approximate surface area is 172 Å². The number of aliphatic imine (C=N–C) groups is 1. The highest BCUT2D eigenvalue weighted by atomic mass is 32.2. The minimum absolute atomic E-state index is 0.147. The molecule has 1 aliphatic heterocycles. The van der Waals surface area contributed by atoms with Gasteiger partial charge in [-0.05, 0) is 66.2 Å². The number of amidine groups is 1. The molecule has 1 unspecified atom stereocenters. The Morgan fingerprint density at radius 2 is 2.00 bits per heavy atom. The number of aliphatic carboxylic acids is 1. The molecule has 2 aromatic rings. The number of phenolic OH excluding ortho intramolecular Hbond substituents is 1. The van der Waals surface area contributed by atoms with E-state index < -0.39 is 12.1 Å². The number of carboxylic acids is 1. The van der Waals surface area contributed by atoms with Crippen molar-refractivity contribution in [1.29, 1.82) is 0 Å². The average Bonchev–Trinajstić information content (AvgIpc) is 2.96. The second kappa shape index (κ2) is 8.83. The summed E-state index contributed by atoms with van der Waals surface area (Å²) in [7, 11) is 1.65. The first-order valence-corrected chi connectivity index (χ1v) is 9.74. The summed E-state index contributed by atoms with van der Waals surface area (Å²) in [5.74, 6) is -0.631. The largest absolute Gasteiger partial charge is 0.508 e. The first-order chi connectivity index (χ1) is 13.9. The summed E-state index contributed by atoms with van der Waals surface area (Å²) in [5, 5.41) is 19.0. The van der Waals surface area contributed by atoms with E-state index in [4.69, 9.17) is 9.84 Å². The van der Waals surface area contributed by atoms with E-state index in [1.807, 2.05) is 6.07 Å². The zero-order chi connectivity index (χ0) is 21.0. The number of thioether (sulfide) groups is 1. The van der Waals surface area contributed by atoms with Crippen molar-refractivity contribution in [3.63, 3.8) is 0 Å². The van der Waals surface area contributed by atoms with Crippen LogP contribution in [0.25, 0.3) is 6.08 Å². The van der Waals surface area contributed by atoms with Crippen LogP contribution in [-0.2, 0) is 9.59 Å². The Hall–Kier alpha value is -3.26. The number of nitrogens with zero attached hydrogens (tertiary/aromatic N) is 2. The molecule has 1 aliphatic rings. The molecule has 0 aliphatic carbocycles. The third-order valence-electron chi connectivity index (χ3n) is 4.16. The average molecular weight is 412 g/mol. The molecule has 150 valence electrons. The lowest BCUT2D eigenvalue weighted by Gasteiger charge is -2.13. The van der Waals surface area contributed by atoms with Crippen molar-refractivity contribution < 1.29 is 24.5 Å². The molecule has 1 amide bonds. The minimum Gasteiger partial charge on any atom is -0.508 e. The predicted octanol–water partition coefficient (Wildman–Crippen LogP) is 3.87. The number of hydrogen-bond donors (Lipinski definition) is 2. The Balaban J connectivity index is 1.81. The van der Waals surface area contributed by atoms with Crippen molar-refractivity contribution in [3.8, 4) is 11.5 Å². The Kier molecular flexibility index (Phi) is 6.23. The first-order valence-electron chi connectivity index (χ1n) is 8.92. The van der Waals surface area contributed by atoms with Crippen LogP contribution in [-0.4, -0.2) is 45.3 Å². The molecule has 2 N–H and O–H groups in total. The molecule has 2 aromatic carbocycles. The van der Waals surface area contributed by atoms with Crippen LogP contribution in [0, 0.1) is 0 Å². The van der Waals surface area contributed by atoms with Crippen molar-refractivity contribution in [2.75, 3.05) is 7.05 Å². The Morgan fingerprint density at radius 3 is 2.66 bits per heavy atom. The van der Waals surface area contributed by atoms with E-state index >= 15 is 0 Å². The van der Waals surface area contributed by atoms with Gasteiger partial charge in [0.15, 0.2) is 11.3 Å². The van der Waals surface area contributed by atoms with E-state index in [2.05, 4.69) is 4.99 Å². The van der Waals surface area contributed by atoms with Crippen molar-refractivity contribution in [2.45, 2.75) is 19.4 Å². The fraction of sp³-hybridized carbons (Fsp3) is 0.190. The first kappa shape index (κ1) is 20.5. The normalized spacial score (nSPS) is 17.7. The number of amides is 1. The van der Waals surface area contributed by atoms with Gasteiger partial charge < -0.3 is 14.9 Å². The van der Waals surface area contributed by atoms with Crippen LogP contribution in [0.2, 0.25) is 0 Å². The molecular weight excluding hydrogens is 392 g/mol. The van der Waals surface area contributed by atoms with Crippen LogP contribution in [0.3, 0.4) is 0 Å². The van der Waals surface area contributed by atoms with Crippen LogP contribution in [0.15, 0.2) is 58.4 Å². The van der Waals surface area contributed by atoms with Crippen LogP contribution in [0.5, 0.6) is 11.5 Å². The summed E-state index contributed by atoms with van der Waals surface area (Å²) in [6.07, 6.45) is 1.14. The molecule has 3 rings (SSSR count). The van der Waals surface area contributed by atoms with E-state index in [1.54, 1.807) is 50.4 Å². The maximum absolute atomic E-state index is 12.6. The van der Waals surface area contributed by atoms with E-state index in [-0.39, 0.29) is 11.7 Å². The number of hydrogen-bond acceptors (Lipinski definition) is 6. The number of phenols is 1. The molecule has 0 radical (unpaired) electrons. The van der Waals surface area contributed by atoms with Crippen LogP contribution in [0.4, 0.5) is 5.69 Å². The lowest BCUT2D eigenvalue weighted by Crippen LogP contribution is -2.25. The van der Waals surface area contributed by atoms with Gasteiger partial charge in [-0.15, -0.1) is 0 Å². The fourth-order valence-electron chi connectivity index (χ4n) is 2.59. The highest BCUT2D eigenvalue weighted by Crippen LogP contribution is 2.33. The molecule has 0 spiro atoms. The summed E-state index contributed by atoms with van der Waals surface area (Å²) in [6.45, 7) is 1.74. The zero-order valence-electron chi connectivity index (χ0n) is 15.9. The van der Waals surface area contributed by atoms with Gasteiger partial charge in [-0.2, -0.15) is 0 Å². The maximum atomic E-state index is 12.6. The van der Waals surface area contributed by atoms with Crippen molar-refractivity contribution in [3.05, 3.63) is 59.0 Å². The molecule has 1 fully saturated rings. The summed E-state index contributed by atoms with van der Waals surface area (Å²) < 4.78 is 5.51. The topological polar surface area (TPSA) is 99.4 Å². The summed E-state index contributed by atoms with van der Waals surface area (Å²) in [5.41, 5.74) is 1.35. The van der Waals surface area contributed by atoms with E-state index in [0.29, 0.717) is 27.9 Å². The minimum atomic E-state index is -1.02. The van der Waals surface area contributed by atoms with E-state index in [9.17, 15) is 14.7 Å². The third kappa shape index (κ3) is 4.97. The monoisotopic (exact) mass is 412 g/mol. The van der Waals surface area contributed by atoms with Crippen molar-refractivity contribution in [1.82, 2.24) is 4.90 Å². The van der Waals surface area contributed by atoms with Gasteiger partial charge in [-0.25, -0.2) is 9.79 Å². The standard InChI is InChI=1S/C21H20N2O5S/c1-3-17(20(26)27)28-16-6-4-5-13(11-16)12-18-19(25)23(2)21(29-18)22-14-7-9-15(24)10-8-14/h4-12,17,24H,3H2,1-2H3,(H,26,27)/b18-12-,22-21?. The highest BCUT2D eigenvalue weighted by molar-refractivity contribution is 8.18. The molecule has 7 nitrogen and oxygen atoms in total. The summed E-state index contributed by atoms with van der Waals surface area (Å²) in [4.78, 5) is 30.1. The van der Waals surface area contributed by atoms with Crippen LogP contribution in [0.1, 0.15) is 18.9 Å².